The Hall–Kier alpha value is -1.65. The monoisotopic (exact) mass is 168 g/mol. The fourth-order valence-electron chi connectivity index (χ4n) is 0.654. The predicted octanol–water partition coefficient (Wildman–Crippen LogP) is -0.294. The minimum absolute atomic E-state index is 0.0330. The molecule has 0 amide bonds. The highest BCUT2D eigenvalue weighted by molar-refractivity contribution is 5.68. The van der Waals surface area contributed by atoms with Gasteiger partial charge in [0.15, 0.2) is 0 Å². The number of aryl methyl sites for hydroxylation is 1. The van der Waals surface area contributed by atoms with Gasteiger partial charge in [0.05, 0.1) is 0 Å². The van der Waals surface area contributed by atoms with Gasteiger partial charge in [-0.25, -0.2) is 4.79 Å². The first-order valence-electron chi connectivity index (χ1n) is 3.31. The Morgan fingerprint density at radius 2 is 2.33 bits per heavy atom. The molecule has 12 heavy (non-hydrogen) atoms. The summed E-state index contributed by atoms with van der Waals surface area (Å²) in [4.78, 5) is 24.8. The molecule has 0 spiro atoms. The largest absolute Gasteiger partial charge is 0.407 e. The Morgan fingerprint density at radius 3 is 2.83 bits per heavy atom. The molecule has 1 heterocycles. The number of carbonyl (C=O) groups is 1. The van der Waals surface area contributed by atoms with Crippen molar-refractivity contribution < 1.29 is 9.53 Å². The van der Waals surface area contributed by atoms with Gasteiger partial charge in [-0.05, 0) is 0 Å². The summed E-state index contributed by atoms with van der Waals surface area (Å²) >= 11 is 0. The molecule has 0 aliphatic rings. The molecule has 1 aromatic heterocycles. The highest BCUT2D eigenvalue weighted by Crippen LogP contribution is 1.99. The van der Waals surface area contributed by atoms with E-state index in [-0.39, 0.29) is 5.88 Å². The van der Waals surface area contributed by atoms with Gasteiger partial charge in [0, 0.05) is 26.2 Å². The van der Waals surface area contributed by atoms with Gasteiger partial charge in [0.2, 0.25) is 5.88 Å². The van der Waals surface area contributed by atoms with E-state index in [1.807, 2.05) is 0 Å². The van der Waals surface area contributed by atoms with Gasteiger partial charge in [-0.2, -0.15) is 4.98 Å². The lowest BCUT2D eigenvalue weighted by atomic mass is 10.6. The zero-order valence-corrected chi connectivity index (χ0v) is 6.77. The molecule has 0 bridgehead atoms. The van der Waals surface area contributed by atoms with Crippen LogP contribution in [-0.2, 0) is 11.8 Å². The minimum atomic E-state index is -0.490. The van der Waals surface area contributed by atoms with Gasteiger partial charge >= 0.3 is 11.7 Å². The lowest BCUT2D eigenvalue weighted by Gasteiger charge is -1.99. The van der Waals surface area contributed by atoms with Gasteiger partial charge < -0.3 is 9.30 Å². The summed E-state index contributed by atoms with van der Waals surface area (Å²) in [6, 6.07) is 1.45. The zero-order chi connectivity index (χ0) is 9.14. The molecule has 1 aromatic rings. The van der Waals surface area contributed by atoms with Crippen LogP contribution in [0.5, 0.6) is 5.88 Å². The molecule has 5 heteroatoms. The highest BCUT2D eigenvalue weighted by atomic mass is 16.5. The maximum absolute atomic E-state index is 10.9. The van der Waals surface area contributed by atoms with Crippen molar-refractivity contribution in [3.8, 4) is 5.88 Å². The van der Waals surface area contributed by atoms with Crippen molar-refractivity contribution >= 4 is 5.97 Å². The number of carbonyl (C=O) groups excluding carboxylic acids is 1. The van der Waals surface area contributed by atoms with E-state index in [9.17, 15) is 9.59 Å². The van der Waals surface area contributed by atoms with Crippen LogP contribution < -0.4 is 10.4 Å². The van der Waals surface area contributed by atoms with Gasteiger partial charge in [0.1, 0.15) is 0 Å². The van der Waals surface area contributed by atoms with Gasteiger partial charge in [0.25, 0.3) is 0 Å². The lowest BCUT2D eigenvalue weighted by Crippen LogP contribution is -2.20. The molecule has 0 aromatic carbocycles. The summed E-state index contributed by atoms with van der Waals surface area (Å²) in [5.41, 5.74) is -0.450. The van der Waals surface area contributed by atoms with Crippen LogP contribution in [0.4, 0.5) is 0 Å². The number of ether oxygens (including phenoxy) is 1. The van der Waals surface area contributed by atoms with E-state index < -0.39 is 11.7 Å². The number of nitrogens with zero attached hydrogens (tertiary/aromatic N) is 2. The van der Waals surface area contributed by atoms with E-state index in [0.29, 0.717) is 0 Å². The first kappa shape index (κ1) is 8.45. The Balaban J connectivity index is 2.97. The Morgan fingerprint density at radius 1 is 1.67 bits per heavy atom. The first-order valence-corrected chi connectivity index (χ1v) is 3.31. The van der Waals surface area contributed by atoms with Crippen molar-refractivity contribution in [3.05, 3.63) is 22.7 Å². The molecular formula is C7H8N2O3. The summed E-state index contributed by atoms with van der Waals surface area (Å²) in [6.07, 6.45) is 1.48. The van der Waals surface area contributed by atoms with Crippen molar-refractivity contribution in [1.29, 1.82) is 0 Å². The molecule has 0 saturated heterocycles. The van der Waals surface area contributed by atoms with E-state index in [0.717, 1.165) is 0 Å². The molecular weight excluding hydrogens is 160 g/mol. The fourth-order valence-corrected chi connectivity index (χ4v) is 0.654. The smallest absolute Gasteiger partial charge is 0.350 e. The molecule has 5 nitrogen and oxygen atoms in total. The van der Waals surface area contributed by atoms with Crippen LogP contribution >= 0.6 is 0 Å². The van der Waals surface area contributed by atoms with Crippen LogP contribution in [0.15, 0.2) is 17.1 Å². The molecule has 0 unspecified atom stereocenters. The summed E-state index contributed by atoms with van der Waals surface area (Å²) in [5.74, 6) is -0.457. The second-order valence-electron chi connectivity index (χ2n) is 2.25. The van der Waals surface area contributed by atoms with Gasteiger partial charge in [-0.3, -0.25) is 4.79 Å². The SMILES string of the molecule is CC(=O)Oc1ccn(C)c(=O)n1. The second kappa shape index (κ2) is 3.17. The molecule has 0 saturated carbocycles. The Bertz CT molecular complexity index is 356. The van der Waals surface area contributed by atoms with Crippen molar-refractivity contribution in [2.75, 3.05) is 0 Å². The molecule has 0 aliphatic carbocycles. The fraction of sp³-hybridized carbons (Fsp3) is 0.286. The summed E-state index contributed by atoms with van der Waals surface area (Å²) < 4.78 is 5.87. The third-order valence-corrected chi connectivity index (χ3v) is 1.20. The quantitative estimate of drug-likeness (QED) is 0.540. The number of esters is 1. The van der Waals surface area contributed by atoms with E-state index in [1.165, 1.54) is 23.8 Å². The molecule has 1 rings (SSSR count). The average Bonchev–Trinajstić information content (AvgIpc) is 1.96. The third kappa shape index (κ3) is 1.91. The maximum Gasteiger partial charge on any atom is 0.350 e. The van der Waals surface area contributed by atoms with E-state index in [1.54, 1.807) is 7.05 Å². The number of hydrogen-bond donors (Lipinski definition) is 0. The summed E-state index contributed by atoms with van der Waals surface area (Å²) in [7, 11) is 1.56. The number of rotatable bonds is 1. The Labute approximate surface area is 68.6 Å². The van der Waals surface area contributed by atoms with Crippen LogP contribution in [-0.4, -0.2) is 15.5 Å². The zero-order valence-electron chi connectivity index (χ0n) is 6.77. The first-order chi connectivity index (χ1) is 5.59. The topological polar surface area (TPSA) is 61.2 Å². The summed E-state index contributed by atoms with van der Waals surface area (Å²) in [6.45, 7) is 1.25. The number of hydrogen-bond acceptors (Lipinski definition) is 4. The standard InChI is InChI=1S/C7H8N2O3/c1-5(10)12-6-3-4-9(2)7(11)8-6/h3-4H,1-2H3. The van der Waals surface area contributed by atoms with Crippen molar-refractivity contribution in [2.45, 2.75) is 6.92 Å². The maximum atomic E-state index is 10.9. The predicted molar refractivity (Wildman–Crippen MR) is 40.8 cm³/mol. The van der Waals surface area contributed by atoms with Crippen molar-refractivity contribution in [3.63, 3.8) is 0 Å². The number of aromatic nitrogens is 2. The highest BCUT2D eigenvalue weighted by Gasteiger charge is 2.00. The van der Waals surface area contributed by atoms with Crippen LogP contribution in [0.25, 0.3) is 0 Å². The van der Waals surface area contributed by atoms with Crippen LogP contribution in [0, 0.1) is 0 Å². The van der Waals surface area contributed by atoms with E-state index in [2.05, 4.69) is 9.72 Å². The average molecular weight is 168 g/mol. The Kier molecular flexibility index (Phi) is 2.23. The summed E-state index contributed by atoms with van der Waals surface area (Å²) in [5, 5.41) is 0. The van der Waals surface area contributed by atoms with Crippen LogP contribution in [0.2, 0.25) is 0 Å². The second-order valence-corrected chi connectivity index (χ2v) is 2.25. The van der Waals surface area contributed by atoms with Crippen molar-refractivity contribution in [1.82, 2.24) is 9.55 Å². The van der Waals surface area contributed by atoms with Gasteiger partial charge in [-0.15, -0.1) is 0 Å². The molecule has 0 fully saturated rings. The molecule has 0 N–H and O–H groups in total. The molecule has 0 atom stereocenters. The molecule has 0 radical (unpaired) electrons. The van der Waals surface area contributed by atoms with Gasteiger partial charge in [-0.1, -0.05) is 0 Å². The van der Waals surface area contributed by atoms with E-state index >= 15 is 0 Å². The lowest BCUT2D eigenvalue weighted by molar-refractivity contribution is -0.132. The third-order valence-electron chi connectivity index (χ3n) is 1.20. The van der Waals surface area contributed by atoms with Crippen LogP contribution in [0.1, 0.15) is 6.92 Å². The van der Waals surface area contributed by atoms with Crippen LogP contribution in [0.3, 0.4) is 0 Å². The molecule has 64 valence electrons. The molecule has 0 aliphatic heterocycles. The minimum Gasteiger partial charge on any atom is -0.407 e. The van der Waals surface area contributed by atoms with E-state index in [4.69, 9.17) is 0 Å². The van der Waals surface area contributed by atoms with Crippen molar-refractivity contribution in [2.24, 2.45) is 7.05 Å². The normalized spacial score (nSPS) is 9.50.